The van der Waals surface area contributed by atoms with Gasteiger partial charge in [-0.1, -0.05) is 0 Å². The molecule has 1 amide bonds. The number of fused-ring (bicyclic) bond motifs is 1. The molecule has 3 heterocycles. The summed E-state index contributed by atoms with van der Waals surface area (Å²) >= 11 is 12.2. The van der Waals surface area contributed by atoms with E-state index in [1.807, 2.05) is 18.2 Å². The molecule has 0 unspecified atom stereocenters. The average Bonchev–Trinajstić information content (AvgIpc) is 2.96. The number of piperazine rings is 1. The monoisotopic (exact) mass is 654 g/mol. The summed E-state index contributed by atoms with van der Waals surface area (Å²) in [5.41, 5.74) is 2.50. The molecule has 213 valence electrons. The summed E-state index contributed by atoms with van der Waals surface area (Å²) in [6, 6.07) is 14.7. The summed E-state index contributed by atoms with van der Waals surface area (Å²) in [6.45, 7) is 5.52. The molecular weight excluding hydrogens is 624 g/mol. The first kappa shape index (κ1) is 29.6. The molecule has 0 aliphatic carbocycles. The van der Waals surface area contributed by atoms with Gasteiger partial charge in [0.1, 0.15) is 0 Å². The molecule has 0 saturated carbocycles. The zero-order valence-corrected chi connectivity index (χ0v) is 26.3. The second kappa shape index (κ2) is 13.4. The standard InChI is InChI=1S/C30H31AsCl2N5O3/c1-37-12-14-38(15-13-37)11-10-35-29(39)19-6-7-22(27(16-19)41-2)31-23-18-20(17-21-24(32)4-3-5-25(21)33)36-26-8-9-34-30(40)28(23)26/h3-9,16,18H,10-15,17H2,1-2H3,(H,34,40)(H,35,39). The maximum absolute atomic E-state index is 12.9. The van der Waals surface area contributed by atoms with Gasteiger partial charge in [0.2, 0.25) is 0 Å². The van der Waals surface area contributed by atoms with Gasteiger partial charge in [0, 0.05) is 0 Å². The Morgan fingerprint density at radius 3 is 2.56 bits per heavy atom. The number of H-pyrrole nitrogens is 1. The van der Waals surface area contributed by atoms with Crippen LogP contribution in [0.3, 0.4) is 0 Å². The number of halogens is 2. The molecule has 41 heavy (non-hydrogen) atoms. The van der Waals surface area contributed by atoms with Gasteiger partial charge in [-0.3, -0.25) is 0 Å². The van der Waals surface area contributed by atoms with E-state index in [4.69, 9.17) is 32.9 Å². The number of hydrogen-bond acceptors (Lipinski definition) is 6. The fraction of sp³-hybridized carbons (Fsp3) is 0.300. The van der Waals surface area contributed by atoms with Crippen LogP contribution in [0, 0.1) is 0 Å². The molecule has 8 nitrogen and oxygen atoms in total. The number of carbonyl (C=O) groups is 1. The Bertz CT molecular complexity index is 1600. The summed E-state index contributed by atoms with van der Waals surface area (Å²) in [5.74, 6) is 0.481. The molecule has 5 rings (SSSR count). The summed E-state index contributed by atoms with van der Waals surface area (Å²) in [4.78, 5) is 38.0. The third kappa shape index (κ3) is 7.14. The Morgan fingerprint density at radius 1 is 1.07 bits per heavy atom. The fourth-order valence-electron chi connectivity index (χ4n) is 4.83. The van der Waals surface area contributed by atoms with E-state index in [1.165, 1.54) is 0 Å². The van der Waals surface area contributed by atoms with Crippen LogP contribution in [0.2, 0.25) is 10.0 Å². The Balaban J connectivity index is 1.37. The number of pyridine rings is 2. The minimum absolute atomic E-state index is 0.134. The van der Waals surface area contributed by atoms with Crippen molar-refractivity contribution in [1.82, 2.24) is 25.1 Å². The van der Waals surface area contributed by atoms with Crippen LogP contribution in [0.15, 0.2) is 59.5 Å². The minimum atomic E-state index is -0.688. The third-order valence-electron chi connectivity index (χ3n) is 7.17. The third-order valence-corrected chi connectivity index (χ3v) is 10.4. The Hall–Kier alpha value is -2.87. The number of hydrogen-bond donors (Lipinski definition) is 2. The number of amides is 1. The zero-order valence-electron chi connectivity index (χ0n) is 22.9. The van der Waals surface area contributed by atoms with Crippen LogP contribution in [0.4, 0.5) is 0 Å². The van der Waals surface area contributed by atoms with Gasteiger partial charge in [0.25, 0.3) is 0 Å². The predicted octanol–water partition coefficient (Wildman–Crippen LogP) is 2.46. The number of nitrogens with one attached hydrogen (secondary N) is 2. The number of ether oxygens (including phenoxy) is 1. The van der Waals surface area contributed by atoms with E-state index in [1.54, 1.807) is 43.6 Å². The molecule has 1 aliphatic rings. The summed E-state index contributed by atoms with van der Waals surface area (Å²) in [6.07, 6.45) is 2.03. The first-order valence-corrected chi connectivity index (χ1v) is 16.0. The van der Waals surface area contributed by atoms with Gasteiger partial charge in [0.15, 0.2) is 0 Å². The van der Waals surface area contributed by atoms with Crippen LogP contribution >= 0.6 is 23.2 Å². The molecule has 1 saturated heterocycles. The summed E-state index contributed by atoms with van der Waals surface area (Å²) in [7, 11) is 3.72. The topological polar surface area (TPSA) is 90.6 Å². The maximum atomic E-state index is 12.9. The number of likely N-dealkylation sites (N-methyl/N-ethyl adjacent to an activating group) is 1. The molecule has 0 atom stereocenters. The number of nitrogens with zero attached hydrogens (tertiary/aromatic N) is 3. The van der Waals surface area contributed by atoms with E-state index < -0.39 is 15.8 Å². The van der Waals surface area contributed by atoms with Gasteiger partial charge in [-0.15, -0.1) is 0 Å². The van der Waals surface area contributed by atoms with E-state index in [0.717, 1.165) is 52.7 Å². The first-order chi connectivity index (χ1) is 19.8. The first-order valence-electron chi connectivity index (χ1n) is 13.4. The van der Waals surface area contributed by atoms with Crippen LogP contribution in [-0.4, -0.2) is 94.9 Å². The van der Waals surface area contributed by atoms with E-state index >= 15 is 0 Å². The Labute approximate surface area is 255 Å². The van der Waals surface area contributed by atoms with Gasteiger partial charge in [-0.2, -0.15) is 0 Å². The van der Waals surface area contributed by atoms with Crippen molar-refractivity contribution in [3.8, 4) is 5.75 Å². The van der Waals surface area contributed by atoms with E-state index in [0.29, 0.717) is 45.2 Å². The number of rotatable bonds is 9. The normalized spacial score (nSPS) is 14.6. The van der Waals surface area contributed by atoms with Crippen LogP contribution in [-0.2, 0) is 6.42 Å². The molecule has 11 heteroatoms. The van der Waals surface area contributed by atoms with E-state index in [9.17, 15) is 9.59 Å². The van der Waals surface area contributed by atoms with Crippen molar-refractivity contribution in [1.29, 1.82) is 0 Å². The van der Waals surface area contributed by atoms with Gasteiger partial charge in [0.05, 0.1) is 0 Å². The predicted molar refractivity (Wildman–Crippen MR) is 166 cm³/mol. The zero-order chi connectivity index (χ0) is 28.9. The molecule has 2 aromatic carbocycles. The second-order valence-corrected chi connectivity index (χ2v) is 13.3. The molecule has 1 radical (unpaired) electrons. The molecule has 2 N–H and O–H groups in total. The molecule has 0 spiro atoms. The molecule has 4 aromatic rings. The van der Waals surface area contributed by atoms with Crippen LogP contribution in [0.5, 0.6) is 5.75 Å². The van der Waals surface area contributed by atoms with Gasteiger partial charge >= 0.3 is 250 Å². The second-order valence-electron chi connectivity index (χ2n) is 9.98. The SMILES string of the molecule is COc1cc(C(=O)NCCN2CCN(C)CC2)ccc1[As]c1cc(Cc2c(Cl)cccc2Cl)nc2cc[nH]c(=O)c12. The quantitative estimate of drug-likeness (QED) is 0.270. The molecular formula is C30H31AsCl2N5O3. The molecule has 2 aromatic heterocycles. The van der Waals surface area contributed by atoms with E-state index in [2.05, 4.69) is 27.1 Å². The average molecular weight is 655 g/mol. The summed E-state index contributed by atoms with van der Waals surface area (Å²) in [5, 5.41) is 4.72. The molecule has 1 aliphatic heterocycles. The number of aromatic amines is 1. The van der Waals surface area contributed by atoms with Crippen LogP contribution in [0.25, 0.3) is 10.9 Å². The van der Waals surface area contributed by atoms with Crippen molar-refractivity contribution in [2.75, 3.05) is 53.4 Å². The number of benzene rings is 2. The van der Waals surface area contributed by atoms with Gasteiger partial charge in [-0.05, 0) is 7.05 Å². The van der Waals surface area contributed by atoms with Crippen molar-refractivity contribution in [3.63, 3.8) is 0 Å². The van der Waals surface area contributed by atoms with Crippen molar-refractivity contribution in [3.05, 3.63) is 91.9 Å². The molecule has 0 bridgehead atoms. The molecule has 1 fully saturated rings. The number of carbonyl (C=O) groups excluding carboxylic acids is 1. The van der Waals surface area contributed by atoms with E-state index in [-0.39, 0.29) is 11.5 Å². The number of methoxy groups -OCH3 is 1. The van der Waals surface area contributed by atoms with Crippen molar-refractivity contribution in [2.45, 2.75) is 6.42 Å². The van der Waals surface area contributed by atoms with Crippen LogP contribution < -0.4 is 24.3 Å². The van der Waals surface area contributed by atoms with Crippen molar-refractivity contribution in [2.24, 2.45) is 0 Å². The summed E-state index contributed by atoms with van der Waals surface area (Å²) < 4.78 is 7.54. The number of aromatic nitrogens is 2. The Kier molecular flexibility index (Phi) is 9.68. The van der Waals surface area contributed by atoms with Crippen molar-refractivity contribution < 1.29 is 9.53 Å². The van der Waals surface area contributed by atoms with Crippen LogP contribution in [0.1, 0.15) is 21.6 Å². The van der Waals surface area contributed by atoms with Gasteiger partial charge in [-0.25, -0.2) is 0 Å². The van der Waals surface area contributed by atoms with Crippen molar-refractivity contribution >= 4 is 64.5 Å². The Morgan fingerprint density at radius 2 is 1.83 bits per heavy atom. The van der Waals surface area contributed by atoms with Gasteiger partial charge < -0.3 is 0 Å². The fourth-order valence-corrected chi connectivity index (χ4v) is 7.91.